The van der Waals surface area contributed by atoms with Gasteiger partial charge >= 0.3 is 5.97 Å². The molecule has 1 rings (SSSR count). The van der Waals surface area contributed by atoms with Gasteiger partial charge in [0.1, 0.15) is 6.04 Å². The van der Waals surface area contributed by atoms with Crippen LogP contribution >= 0.6 is 12.6 Å². The number of piperidine rings is 1. The van der Waals surface area contributed by atoms with Gasteiger partial charge in [0.2, 0.25) is 5.91 Å². The van der Waals surface area contributed by atoms with Crippen molar-refractivity contribution >= 4 is 24.5 Å². The molecular formula is C10H18N2O3S. The van der Waals surface area contributed by atoms with Gasteiger partial charge in [-0.1, -0.05) is 0 Å². The van der Waals surface area contributed by atoms with Gasteiger partial charge in [0.15, 0.2) is 0 Å². The number of likely N-dealkylation sites (tertiary alicyclic amines) is 1. The van der Waals surface area contributed by atoms with Crippen molar-refractivity contribution in [2.75, 3.05) is 19.4 Å². The minimum Gasteiger partial charge on any atom is -0.467 e. The number of hydrogen-bond donors (Lipinski definition) is 2. The Morgan fingerprint density at radius 2 is 2.25 bits per heavy atom. The first-order valence-corrected chi connectivity index (χ1v) is 5.99. The molecule has 92 valence electrons. The maximum Gasteiger partial charge on any atom is 0.328 e. The van der Waals surface area contributed by atoms with Gasteiger partial charge < -0.3 is 15.4 Å². The average Bonchev–Trinajstić information content (AvgIpc) is 2.35. The van der Waals surface area contributed by atoms with E-state index in [1.54, 1.807) is 0 Å². The molecule has 2 N–H and O–H groups in total. The maximum absolute atomic E-state index is 11.9. The highest BCUT2D eigenvalue weighted by Gasteiger charge is 2.34. The van der Waals surface area contributed by atoms with Gasteiger partial charge in [0.25, 0.3) is 0 Å². The number of thiol groups is 1. The van der Waals surface area contributed by atoms with Crippen LogP contribution in [0.25, 0.3) is 0 Å². The van der Waals surface area contributed by atoms with Crippen molar-refractivity contribution in [3.05, 3.63) is 0 Å². The maximum atomic E-state index is 11.9. The van der Waals surface area contributed by atoms with Gasteiger partial charge in [0, 0.05) is 12.3 Å². The Labute approximate surface area is 101 Å². The SMILES string of the molecule is COC(=O)[C@@H]1CCCCN1C(=O)[C@@H](N)CS. The van der Waals surface area contributed by atoms with Gasteiger partial charge in [-0.05, 0) is 19.3 Å². The predicted octanol–water partition coefficient (Wildman–Crippen LogP) is -0.202. The standard InChI is InChI=1S/C10H18N2O3S/c1-15-10(14)8-4-2-3-5-12(8)9(13)7(11)6-16/h7-8,16H,2-6,11H2,1H3/t7-,8-/m0/s1. The number of carbonyl (C=O) groups excluding carboxylic acids is 2. The molecule has 2 atom stereocenters. The largest absolute Gasteiger partial charge is 0.467 e. The Morgan fingerprint density at radius 1 is 1.56 bits per heavy atom. The van der Waals surface area contributed by atoms with Gasteiger partial charge in [-0.2, -0.15) is 12.6 Å². The Bertz CT molecular complexity index is 273. The molecule has 6 heteroatoms. The Kier molecular flexibility index (Phi) is 5.08. The second-order valence-corrected chi connectivity index (χ2v) is 4.22. The third-order valence-corrected chi connectivity index (χ3v) is 3.17. The highest BCUT2D eigenvalue weighted by Crippen LogP contribution is 2.18. The summed E-state index contributed by atoms with van der Waals surface area (Å²) in [6.45, 7) is 0.570. The van der Waals surface area contributed by atoms with Crippen LogP contribution in [-0.2, 0) is 14.3 Å². The average molecular weight is 246 g/mol. The summed E-state index contributed by atoms with van der Waals surface area (Å²) in [5.41, 5.74) is 5.63. The van der Waals surface area contributed by atoms with E-state index in [4.69, 9.17) is 10.5 Å². The monoisotopic (exact) mass is 246 g/mol. The predicted molar refractivity (Wildman–Crippen MR) is 63.2 cm³/mol. The van der Waals surface area contributed by atoms with Crippen molar-refractivity contribution in [1.82, 2.24) is 4.90 Å². The molecular weight excluding hydrogens is 228 g/mol. The summed E-state index contributed by atoms with van der Waals surface area (Å²) in [6.07, 6.45) is 2.48. The van der Waals surface area contributed by atoms with Crippen LogP contribution in [-0.4, -0.2) is 48.3 Å². The summed E-state index contributed by atoms with van der Waals surface area (Å²) in [6, 6.07) is -1.12. The van der Waals surface area contributed by atoms with Crippen molar-refractivity contribution < 1.29 is 14.3 Å². The van der Waals surface area contributed by atoms with Crippen LogP contribution in [0, 0.1) is 0 Å². The topological polar surface area (TPSA) is 72.6 Å². The zero-order valence-corrected chi connectivity index (χ0v) is 10.3. The Morgan fingerprint density at radius 3 is 2.81 bits per heavy atom. The molecule has 1 aliphatic rings. The molecule has 0 unspecified atom stereocenters. The summed E-state index contributed by atoms with van der Waals surface area (Å²) < 4.78 is 4.69. The fourth-order valence-electron chi connectivity index (χ4n) is 1.87. The van der Waals surface area contributed by atoms with E-state index in [9.17, 15) is 9.59 Å². The third kappa shape index (κ3) is 2.89. The highest BCUT2D eigenvalue weighted by atomic mass is 32.1. The van der Waals surface area contributed by atoms with Crippen LogP contribution in [0.3, 0.4) is 0 Å². The first-order chi connectivity index (χ1) is 7.61. The minimum atomic E-state index is -0.645. The van der Waals surface area contributed by atoms with Crippen molar-refractivity contribution in [2.24, 2.45) is 5.73 Å². The van der Waals surface area contributed by atoms with Crippen molar-refractivity contribution in [3.8, 4) is 0 Å². The third-order valence-electron chi connectivity index (χ3n) is 2.77. The van der Waals surface area contributed by atoms with Gasteiger partial charge in [-0.25, -0.2) is 4.79 Å². The summed E-state index contributed by atoms with van der Waals surface area (Å²) in [5, 5.41) is 0. The summed E-state index contributed by atoms with van der Waals surface area (Å²) in [7, 11) is 1.33. The molecule has 16 heavy (non-hydrogen) atoms. The number of nitrogens with zero attached hydrogens (tertiary/aromatic N) is 1. The lowest BCUT2D eigenvalue weighted by Crippen LogP contribution is -2.54. The second kappa shape index (κ2) is 6.10. The van der Waals surface area contributed by atoms with Crippen LogP contribution in [0.1, 0.15) is 19.3 Å². The van der Waals surface area contributed by atoms with Crippen LogP contribution < -0.4 is 5.73 Å². The number of ether oxygens (including phenoxy) is 1. The summed E-state index contributed by atoms with van der Waals surface area (Å²) in [5.74, 6) is -0.298. The molecule has 0 aromatic rings. The summed E-state index contributed by atoms with van der Waals surface area (Å²) in [4.78, 5) is 24.9. The van der Waals surface area contributed by atoms with Gasteiger partial charge in [-0.15, -0.1) is 0 Å². The van der Waals surface area contributed by atoms with E-state index < -0.39 is 12.1 Å². The molecule has 1 aliphatic heterocycles. The molecule has 1 saturated heterocycles. The normalized spacial score (nSPS) is 22.7. The van der Waals surface area contributed by atoms with E-state index in [1.807, 2.05) is 0 Å². The van der Waals surface area contributed by atoms with Gasteiger partial charge in [-0.3, -0.25) is 4.79 Å². The van der Waals surface area contributed by atoms with E-state index in [1.165, 1.54) is 12.0 Å². The zero-order valence-electron chi connectivity index (χ0n) is 9.39. The highest BCUT2D eigenvalue weighted by molar-refractivity contribution is 7.80. The van der Waals surface area contributed by atoms with Crippen LogP contribution in [0.5, 0.6) is 0 Å². The number of carbonyl (C=O) groups is 2. The molecule has 5 nitrogen and oxygen atoms in total. The summed E-state index contributed by atoms with van der Waals surface area (Å²) >= 11 is 3.99. The number of esters is 1. The number of amides is 1. The first kappa shape index (κ1) is 13.3. The fraction of sp³-hybridized carbons (Fsp3) is 0.800. The van der Waals surface area contributed by atoms with E-state index >= 15 is 0 Å². The minimum absolute atomic E-state index is 0.217. The Balaban J connectivity index is 2.73. The number of rotatable bonds is 3. The lowest BCUT2D eigenvalue weighted by Gasteiger charge is -2.35. The van der Waals surface area contributed by atoms with Crippen LogP contribution in [0.15, 0.2) is 0 Å². The number of nitrogens with two attached hydrogens (primary N) is 1. The lowest BCUT2D eigenvalue weighted by atomic mass is 10.0. The molecule has 0 aromatic heterocycles. The first-order valence-electron chi connectivity index (χ1n) is 5.36. The van der Waals surface area contributed by atoms with Crippen LogP contribution in [0.2, 0.25) is 0 Å². The molecule has 0 saturated carbocycles. The van der Waals surface area contributed by atoms with Crippen molar-refractivity contribution in [3.63, 3.8) is 0 Å². The molecule has 1 fully saturated rings. The second-order valence-electron chi connectivity index (χ2n) is 3.86. The number of methoxy groups -OCH3 is 1. The molecule has 0 spiro atoms. The molecule has 0 bridgehead atoms. The smallest absolute Gasteiger partial charge is 0.328 e. The molecule has 0 radical (unpaired) electrons. The molecule has 0 aromatic carbocycles. The van der Waals surface area contributed by atoms with E-state index in [0.29, 0.717) is 13.0 Å². The van der Waals surface area contributed by atoms with Crippen LogP contribution in [0.4, 0.5) is 0 Å². The number of hydrogen-bond acceptors (Lipinski definition) is 5. The van der Waals surface area contributed by atoms with E-state index in [0.717, 1.165) is 12.8 Å². The molecule has 1 heterocycles. The van der Waals surface area contributed by atoms with Crippen molar-refractivity contribution in [1.29, 1.82) is 0 Å². The fourth-order valence-corrected chi connectivity index (χ4v) is 2.02. The Hall–Kier alpha value is -0.750. The molecule has 1 amide bonds. The lowest BCUT2D eigenvalue weighted by molar-refractivity contribution is -0.154. The van der Waals surface area contributed by atoms with Crippen molar-refractivity contribution in [2.45, 2.75) is 31.3 Å². The molecule has 0 aliphatic carbocycles. The van der Waals surface area contributed by atoms with E-state index in [2.05, 4.69) is 12.6 Å². The van der Waals surface area contributed by atoms with Gasteiger partial charge in [0.05, 0.1) is 13.2 Å². The quantitative estimate of drug-likeness (QED) is 0.534. The zero-order chi connectivity index (χ0) is 12.1. The van der Waals surface area contributed by atoms with E-state index in [-0.39, 0.29) is 17.6 Å².